The van der Waals surface area contributed by atoms with Gasteiger partial charge in [-0.25, -0.2) is 4.39 Å². The maximum absolute atomic E-state index is 13.1. The van der Waals surface area contributed by atoms with E-state index in [-0.39, 0.29) is 23.3 Å². The van der Waals surface area contributed by atoms with Gasteiger partial charge in [0.15, 0.2) is 0 Å². The van der Waals surface area contributed by atoms with Gasteiger partial charge in [-0.1, -0.05) is 12.1 Å². The number of halogens is 1. The predicted octanol–water partition coefficient (Wildman–Crippen LogP) is 2.25. The molecule has 3 aliphatic rings. The first-order valence-electron chi connectivity index (χ1n) is 9.05. The third-order valence-electron chi connectivity index (χ3n) is 5.40. The molecule has 1 N–H and O–H groups in total. The second-order valence-electron chi connectivity index (χ2n) is 7.32. The highest BCUT2D eigenvalue weighted by Crippen LogP contribution is 2.29. The van der Waals surface area contributed by atoms with Crippen molar-refractivity contribution in [1.29, 1.82) is 0 Å². The number of carbonyl (C=O) groups is 1. The topological polar surface area (TPSA) is 56.4 Å². The Bertz CT molecular complexity index is 828. The van der Waals surface area contributed by atoms with E-state index < -0.39 is 0 Å². The number of carbonyl (C=O) groups excluding carboxylic acids is 1. The molecule has 5 nitrogen and oxygen atoms in total. The Balaban J connectivity index is 1.49. The van der Waals surface area contributed by atoms with E-state index in [1.165, 1.54) is 24.4 Å². The zero-order valence-corrected chi connectivity index (χ0v) is 14.5. The van der Waals surface area contributed by atoms with Gasteiger partial charge in [0.1, 0.15) is 5.82 Å². The van der Waals surface area contributed by atoms with Crippen molar-refractivity contribution in [2.24, 2.45) is 5.92 Å². The molecule has 0 saturated carbocycles. The molecule has 1 aromatic carbocycles. The molecular weight excluding hydrogens is 333 g/mol. The maximum Gasteiger partial charge on any atom is 0.255 e. The minimum atomic E-state index is -0.220. The quantitative estimate of drug-likeness (QED) is 0.919. The number of H-pyrrole nitrogens is 1. The molecule has 2 bridgehead atoms. The summed E-state index contributed by atoms with van der Waals surface area (Å²) < 4.78 is 13.1. The first kappa shape index (κ1) is 17.0. The van der Waals surface area contributed by atoms with Gasteiger partial charge in [0.2, 0.25) is 5.56 Å². The van der Waals surface area contributed by atoms with E-state index in [1.54, 1.807) is 6.07 Å². The van der Waals surface area contributed by atoms with Crippen molar-refractivity contribution in [1.82, 2.24) is 14.8 Å². The Kier molecular flexibility index (Phi) is 4.59. The fourth-order valence-corrected chi connectivity index (χ4v) is 4.11. The van der Waals surface area contributed by atoms with Crippen LogP contribution in [0.2, 0.25) is 0 Å². The van der Waals surface area contributed by atoms with Crippen LogP contribution in [0.15, 0.2) is 47.4 Å². The van der Waals surface area contributed by atoms with Gasteiger partial charge >= 0.3 is 0 Å². The summed E-state index contributed by atoms with van der Waals surface area (Å²) in [6.45, 7) is 3.29. The Hall–Kier alpha value is -2.47. The summed E-state index contributed by atoms with van der Waals surface area (Å²) in [5.74, 6) is 0.211. The van der Waals surface area contributed by atoms with E-state index in [9.17, 15) is 14.0 Å². The first-order valence-corrected chi connectivity index (χ1v) is 9.05. The lowest BCUT2D eigenvalue weighted by atomic mass is 9.94. The summed E-state index contributed by atoms with van der Waals surface area (Å²) in [5.41, 5.74) is 1.41. The van der Waals surface area contributed by atoms with Crippen LogP contribution in [0.4, 0.5) is 4.39 Å². The molecule has 3 saturated heterocycles. The van der Waals surface area contributed by atoms with Gasteiger partial charge in [0.05, 0.1) is 5.56 Å². The van der Waals surface area contributed by atoms with Crippen molar-refractivity contribution in [3.8, 4) is 0 Å². The molecule has 0 unspecified atom stereocenters. The molecule has 3 fully saturated rings. The highest BCUT2D eigenvalue weighted by Gasteiger charge is 2.37. The molecule has 2 atom stereocenters. The highest BCUT2D eigenvalue weighted by molar-refractivity contribution is 5.94. The van der Waals surface area contributed by atoms with Gasteiger partial charge in [-0.3, -0.25) is 14.5 Å². The Morgan fingerprint density at radius 3 is 2.62 bits per heavy atom. The van der Waals surface area contributed by atoms with Crippen molar-refractivity contribution >= 4 is 5.91 Å². The van der Waals surface area contributed by atoms with Gasteiger partial charge in [-0.15, -0.1) is 0 Å². The number of hydrogen-bond acceptors (Lipinski definition) is 3. The lowest BCUT2D eigenvalue weighted by Crippen LogP contribution is -2.47. The van der Waals surface area contributed by atoms with Crippen LogP contribution in [-0.2, 0) is 6.54 Å². The molecule has 1 aromatic heterocycles. The van der Waals surface area contributed by atoms with Gasteiger partial charge in [0.25, 0.3) is 5.91 Å². The summed E-state index contributed by atoms with van der Waals surface area (Å²) in [4.78, 5) is 31.0. The summed E-state index contributed by atoms with van der Waals surface area (Å²) in [5, 5.41) is 0. The molecule has 0 radical (unpaired) electrons. The van der Waals surface area contributed by atoms with Crippen molar-refractivity contribution < 1.29 is 9.18 Å². The van der Waals surface area contributed by atoms with E-state index in [0.717, 1.165) is 44.6 Å². The summed E-state index contributed by atoms with van der Waals surface area (Å²) in [6.07, 6.45) is 3.62. The number of benzene rings is 1. The van der Waals surface area contributed by atoms with Crippen LogP contribution >= 0.6 is 0 Å². The first-order chi connectivity index (χ1) is 12.6. The monoisotopic (exact) mass is 355 g/mol. The number of hydrogen-bond donors (Lipinski definition) is 1. The average molecular weight is 355 g/mol. The molecule has 0 aliphatic carbocycles. The Morgan fingerprint density at radius 2 is 1.88 bits per heavy atom. The third-order valence-corrected chi connectivity index (χ3v) is 5.40. The second kappa shape index (κ2) is 7.03. The molecule has 136 valence electrons. The third kappa shape index (κ3) is 3.55. The molecule has 5 rings (SSSR count). The minimum absolute atomic E-state index is 0.0143. The number of aromatic nitrogens is 1. The van der Waals surface area contributed by atoms with Crippen molar-refractivity contribution in [2.45, 2.75) is 25.4 Å². The van der Waals surface area contributed by atoms with E-state index in [2.05, 4.69) is 9.88 Å². The van der Waals surface area contributed by atoms with E-state index >= 15 is 0 Å². The van der Waals surface area contributed by atoms with Crippen molar-refractivity contribution in [3.05, 3.63) is 69.9 Å². The fourth-order valence-electron chi connectivity index (χ4n) is 4.11. The Morgan fingerprint density at radius 1 is 1.08 bits per heavy atom. The molecule has 3 aliphatic heterocycles. The summed E-state index contributed by atoms with van der Waals surface area (Å²) >= 11 is 0. The van der Waals surface area contributed by atoms with E-state index in [1.807, 2.05) is 17.0 Å². The lowest BCUT2D eigenvalue weighted by molar-refractivity contribution is 0.0584. The van der Waals surface area contributed by atoms with E-state index in [4.69, 9.17) is 0 Å². The predicted molar refractivity (Wildman–Crippen MR) is 96.3 cm³/mol. The average Bonchev–Trinajstić information content (AvgIpc) is 2.94. The molecule has 2 aromatic rings. The standard InChI is InChI=1S/C20H22FN3O2/c21-17-5-1-14(2-6-17)10-23-11-15-3-7-18(13-23)24(12-15)20(26)16-4-8-19(25)22-9-16/h1-2,4-6,8-9,15,18H,3,7,10-13H2,(H,22,25)/t15-,18+/m0/s1. The van der Waals surface area contributed by atoms with Crippen LogP contribution in [0.25, 0.3) is 0 Å². The number of fused-ring (bicyclic) bond motifs is 4. The van der Waals surface area contributed by atoms with Crippen LogP contribution in [0, 0.1) is 11.7 Å². The minimum Gasteiger partial charge on any atom is -0.334 e. The number of aromatic amines is 1. The molecule has 0 spiro atoms. The van der Waals surface area contributed by atoms with Crippen LogP contribution in [-0.4, -0.2) is 46.4 Å². The van der Waals surface area contributed by atoms with Crippen LogP contribution in [0.3, 0.4) is 0 Å². The maximum atomic E-state index is 13.1. The lowest BCUT2D eigenvalue weighted by Gasteiger charge is -2.36. The number of amides is 1. The SMILES string of the molecule is O=C(c1ccc(=O)[nH]c1)N1C[C@H]2CC[C@@H]1CN(Cc1ccc(F)cc1)C2. The molecule has 6 heteroatoms. The molecular formula is C20H22FN3O2. The van der Waals surface area contributed by atoms with Crippen LogP contribution in [0.5, 0.6) is 0 Å². The van der Waals surface area contributed by atoms with Crippen LogP contribution in [0.1, 0.15) is 28.8 Å². The zero-order chi connectivity index (χ0) is 18.1. The molecule has 4 heterocycles. The van der Waals surface area contributed by atoms with Gasteiger partial charge in [-0.05, 0) is 42.5 Å². The molecule has 26 heavy (non-hydrogen) atoms. The summed E-state index contributed by atoms with van der Waals surface area (Å²) in [7, 11) is 0. The van der Waals surface area contributed by atoms with Crippen molar-refractivity contribution in [3.63, 3.8) is 0 Å². The summed E-state index contributed by atoms with van der Waals surface area (Å²) in [6, 6.07) is 9.80. The zero-order valence-electron chi connectivity index (χ0n) is 14.5. The normalized spacial score (nSPS) is 23.0. The molecule has 1 amide bonds. The smallest absolute Gasteiger partial charge is 0.255 e. The number of pyridine rings is 1. The number of nitrogens with one attached hydrogen (secondary N) is 1. The van der Waals surface area contributed by atoms with Crippen molar-refractivity contribution in [2.75, 3.05) is 19.6 Å². The highest BCUT2D eigenvalue weighted by atomic mass is 19.1. The van der Waals surface area contributed by atoms with Crippen LogP contribution < -0.4 is 5.56 Å². The van der Waals surface area contributed by atoms with Gasteiger partial charge < -0.3 is 9.88 Å². The Labute approximate surface area is 151 Å². The number of nitrogens with zero attached hydrogens (tertiary/aromatic N) is 2. The van der Waals surface area contributed by atoms with Gasteiger partial charge in [0, 0.05) is 44.5 Å². The number of rotatable bonds is 3. The van der Waals surface area contributed by atoms with Gasteiger partial charge in [-0.2, -0.15) is 0 Å². The second-order valence-corrected chi connectivity index (χ2v) is 7.32. The van der Waals surface area contributed by atoms with E-state index in [0.29, 0.717) is 11.5 Å². The fraction of sp³-hybridized carbons (Fsp3) is 0.400. The largest absolute Gasteiger partial charge is 0.334 e. The number of piperidine rings is 1.